The third-order valence-electron chi connectivity index (χ3n) is 1.94. The number of carbonyl (C=O) groups is 1. The molecule has 1 aromatic carbocycles. The van der Waals surface area contributed by atoms with Crippen molar-refractivity contribution >= 4 is 18.6 Å². The van der Waals surface area contributed by atoms with Gasteiger partial charge in [0.05, 0.1) is 6.42 Å². The highest BCUT2D eigenvalue weighted by molar-refractivity contribution is 7.80. The molecule has 70 valence electrons. The number of hydrogen-bond donors (Lipinski definition) is 2. The minimum atomic E-state index is -0.762. The molecule has 0 bridgehead atoms. The molecular weight excluding hydrogens is 184 g/mol. The van der Waals surface area contributed by atoms with E-state index in [0.717, 1.165) is 10.5 Å². The zero-order valence-electron chi connectivity index (χ0n) is 7.40. The third kappa shape index (κ3) is 3.11. The number of benzene rings is 1. The number of aliphatic carboxylic acids is 1. The van der Waals surface area contributed by atoms with Gasteiger partial charge in [0.25, 0.3) is 0 Å². The van der Waals surface area contributed by atoms with Crippen molar-refractivity contribution in [1.82, 2.24) is 0 Å². The molecule has 1 rings (SSSR count). The van der Waals surface area contributed by atoms with E-state index >= 15 is 0 Å². The highest BCUT2D eigenvalue weighted by Crippen LogP contribution is 2.20. The van der Waals surface area contributed by atoms with Crippen LogP contribution in [0.15, 0.2) is 29.2 Å². The Morgan fingerprint density at radius 2 is 2.00 bits per heavy atom. The molecule has 0 aromatic heterocycles. The van der Waals surface area contributed by atoms with Crippen LogP contribution >= 0.6 is 12.6 Å². The second-order valence-corrected chi connectivity index (χ2v) is 3.61. The van der Waals surface area contributed by atoms with Gasteiger partial charge in [-0.1, -0.05) is 19.1 Å². The molecule has 13 heavy (non-hydrogen) atoms. The molecule has 0 aliphatic carbocycles. The van der Waals surface area contributed by atoms with Crippen LogP contribution in [0.1, 0.15) is 24.8 Å². The Hall–Kier alpha value is -0.960. The predicted octanol–water partition coefficient (Wildman–Crippen LogP) is 2.55. The summed E-state index contributed by atoms with van der Waals surface area (Å²) in [7, 11) is 0. The summed E-state index contributed by atoms with van der Waals surface area (Å²) in [4.78, 5) is 11.3. The minimum absolute atomic E-state index is 0.0615. The molecular formula is C10H12O2S. The smallest absolute Gasteiger partial charge is 0.303 e. The predicted molar refractivity (Wildman–Crippen MR) is 54.4 cm³/mol. The fourth-order valence-electron chi connectivity index (χ4n) is 1.18. The molecule has 0 spiro atoms. The summed E-state index contributed by atoms with van der Waals surface area (Å²) in [5.41, 5.74) is 1.04. The molecule has 0 fully saturated rings. The first-order chi connectivity index (χ1) is 6.09. The quantitative estimate of drug-likeness (QED) is 0.729. The average molecular weight is 196 g/mol. The number of rotatable bonds is 3. The molecule has 1 N–H and O–H groups in total. The monoisotopic (exact) mass is 196 g/mol. The summed E-state index contributed by atoms with van der Waals surface area (Å²) in [5, 5.41) is 8.58. The summed E-state index contributed by atoms with van der Waals surface area (Å²) in [6, 6.07) is 7.57. The van der Waals surface area contributed by atoms with Gasteiger partial charge < -0.3 is 5.11 Å². The first kappa shape index (κ1) is 10.1. The maximum Gasteiger partial charge on any atom is 0.303 e. The van der Waals surface area contributed by atoms with Gasteiger partial charge in [-0.15, -0.1) is 12.6 Å². The van der Waals surface area contributed by atoms with Crippen LogP contribution in [0.4, 0.5) is 0 Å². The SMILES string of the molecule is CC(CC(=O)O)c1ccc(S)cc1. The Labute approximate surface area is 83.0 Å². The van der Waals surface area contributed by atoms with Gasteiger partial charge >= 0.3 is 5.97 Å². The van der Waals surface area contributed by atoms with Crippen LogP contribution in [0, 0.1) is 0 Å². The van der Waals surface area contributed by atoms with Crippen LogP contribution in [0.3, 0.4) is 0 Å². The summed E-state index contributed by atoms with van der Waals surface area (Å²) < 4.78 is 0. The normalized spacial score (nSPS) is 12.5. The van der Waals surface area contributed by atoms with Gasteiger partial charge in [-0.2, -0.15) is 0 Å². The molecule has 1 unspecified atom stereocenters. The van der Waals surface area contributed by atoms with Gasteiger partial charge in [-0.25, -0.2) is 0 Å². The zero-order valence-corrected chi connectivity index (χ0v) is 8.29. The summed E-state index contributed by atoms with van der Waals surface area (Å²) in [6.45, 7) is 1.90. The van der Waals surface area contributed by atoms with Crippen molar-refractivity contribution in [2.45, 2.75) is 24.2 Å². The lowest BCUT2D eigenvalue weighted by Gasteiger charge is -2.08. The number of carboxylic acid groups (broad SMARTS) is 1. The first-order valence-electron chi connectivity index (χ1n) is 4.10. The van der Waals surface area contributed by atoms with Crippen LogP contribution in [0.5, 0.6) is 0 Å². The lowest BCUT2D eigenvalue weighted by atomic mass is 9.98. The van der Waals surface area contributed by atoms with E-state index in [4.69, 9.17) is 5.11 Å². The second-order valence-electron chi connectivity index (χ2n) is 3.09. The number of thiol groups is 1. The lowest BCUT2D eigenvalue weighted by molar-refractivity contribution is -0.137. The fourth-order valence-corrected chi connectivity index (χ4v) is 1.33. The average Bonchev–Trinajstić information content (AvgIpc) is 2.04. The molecule has 0 aliphatic rings. The molecule has 3 heteroatoms. The Balaban J connectivity index is 2.71. The highest BCUT2D eigenvalue weighted by Gasteiger charge is 2.09. The van der Waals surface area contributed by atoms with Crippen molar-refractivity contribution < 1.29 is 9.90 Å². The van der Waals surface area contributed by atoms with Crippen LogP contribution < -0.4 is 0 Å². The molecule has 2 nitrogen and oxygen atoms in total. The Bertz CT molecular complexity index is 292. The first-order valence-corrected chi connectivity index (χ1v) is 4.55. The van der Waals surface area contributed by atoms with Gasteiger partial charge in [0.15, 0.2) is 0 Å². The fraction of sp³-hybridized carbons (Fsp3) is 0.300. The van der Waals surface area contributed by atoms with E-state index in [-0.39, 0.29) is 12.3 Å². The van der Waals surface area contributed by atoms with Crippen molar-refractivity contribution in [3.8, 4) is 0 Å². The van der Waals surface area contributed by atoms with Gasteiger partial charge in [0, 0.05) is 4.90 Å². The molecule has 1 aromatic rings. The number of carboxylic acids is 1. The van der Waals surface area contributed by atoms with E-state index in [1.165, 1.54) is 0 Å². The van der Waals surface area contributed by atoms with Crippen LogP contribution in [-0.4, -0.2) is 11.1 Å². The van der Waals surface area contributed by atoms with E-state index < -0.39 is 5.97 Å². The van der Waals surface area contributed by atoms with Crippen molar-refractivity contribution in [3.63, 3.8) is 0 Å². The standard InChI is InChI=1S/C10H12O2S/c1-7(6-10(11)12)8-2-4-9(13)5-3-8/h2-5,7,13H,6H2,1H3,(H,11,12). The van der Waals surface area contributed by atoms with Crippen molar-refractivity contribution in [1.29, 1.82) is 0 Å². The molecule has 0 aliphatic heterocycles. The van der Waals surface area contributed by atoms with Gasteiger partial charge in [0.2, 0.25) is 0 Å². The topological polar surface area (TPSA) is 37.3 Å². The van der Waals surface area contributed by atoms with Crippen molar-refractivity contribution in [2.75, 3.05) is 0 Å². The van der Waals surface area contributed by atoms with Crippen LogP contribution in [0.25, 0.3) is 0 Å². The van der Waals surface area contributed by atoms with E-state index in [2.05, 4.69) is 12.6 Å². The van der Waals surface area contributed by atoms with Crippen LogP contribution in [0.2, 0.25) is 0 Å². The van der Waals surface area contributed by atoms with Gasteiger partial charge in [0.1, 0.15) is 0 Å². The Morgan fingerprint density at radius 1 is 1.46 bits per heavy atom. The van der Waals surface area contributed by atoms with E-state index in [0.29, 0.717) is 0 Å². The molecule has 0 heterocycles. The summed E-state index contributed by atoms with van der Waals surface area (Å²) >= 11 is 4.15. The van der Waals surface area contributed by atoms with Gasteiger partial charge in [-0.05, 0) is 23.6 Å². The molecule has 0 saturated heterocycles. The van der Waals surface area contributed by atoms with E-state index in [1.807, 2.05) is 31.2 Å². The largest absolute Gasteiger partial charge is 0.481 e. The van der Waals surface area contributed by atoms with Crippen molar-refractivity contribution in [2.24, 2.45) is 0 Å². The molecule has 0 amide bonds. The van der Waals surface area contributed by atoms with Gasteiger partial charge in [-0.3, -0.25) is 4.79 Å². The molecule has 1 atom stereocenters. The lowest BCUT2D eigenvalue weighted by Crippen LogP contribution is -2.02. The van der Waals surface area contributed by atoms with Crippen molar-refractivity contribution in [3.05, 3.63) is 29.8 Å². The second kappa shape index (κ2) is 4.33. The molecule has 0 saturated carbocycles. The highest BCUT2D eigenvalue weighted by atomic mass is 32.1. The third-order valence-corrected chi connectivity index (χ3v) is 2.24. The Kier molecular flexibility index (Phi) is 3.37. The maximum absolute atomic E-state index is 10.4. The van der Waals surface area contributed by atoms with Crippen LogP contribution in [-0.2, 0) is 4.79 Å². The summed E-state index contributed by atoms with van der Waals surface area (Å²) in [5.74, 6) is -0.700. The Morgan fingerprint density at radius 3 is 2.46 bits per heavy atom. The summed E-state index contributed by atoms with van der Waals surface area (Å²) in [6.07, 6.45) is 0.173. The minimum Gasteiger partial charge on any atom is -0.481 e. The van der Waals surface area contributed by atoms with E-state index in [9.17, 15) is 4.79 Å². The zero-order chi connectivity index (χ0) is 9.84. The number of hydrogen-bond acceptors (Lipinski definition) is 2. The molecule has 0 radical (unpaired) electrons. The maximum atomic E-state index is 10.4. The van der Waals surface area contributed by atoms with E-state index in [1.54, 1.807) is 0 Å².